The first-order chi connectivity index (χ1) is 11.4. The Morgan fingerprint density at radius 2 is 1.92 bits per heavy atom. The van der Waals surface area contributed by atoms with Crippen LogP contribution in [0.5, 0.6) is 0 Å². The quantitative estimate of drug-likeness (QED) is 0.804. The Balaban J connectivity index is 1.92. The summed E-state index contributed by atoms with van der Waals surface area (Å²) in [4.78, 5) is 23.7. The molecule has 0 aliphatic carbocycles. The summed E-state index contributed by atoms with van der Waals surface area (Å²) in [5, 5.41) is 3.13. The number of carbonyl (C=O) groups excluding carboxylic acids is 2. The number of carbonyl (C=O) groups is 2. The molecule has 0 aliphatic heterocycles. The molecule has 0 aliphatic rings. The zero-order valence-corrected chi connectivity index (χ0v) is 14.2. The predicted octanol–water partition coefficient (Wildman–Crippen LogP) is 4.17. The number of rotatable bonds is 5. The molecule has 7 heteroatoms. The van der Waals surface area contributed by atoms with E-state index in [0.29, 0.717) is 5.02 Å². The molecule has 0 unspecified atom stereocenters. The van der Waals surface area contributed by atoms with Gasteiger partial charge in [0, 0.05) is 5.02 Å². The third-order valence-electron chi connectivity index (χ3n) is 3.23. The number of amides is 1. The van der Waals surface area contributed by atoms with Gasteiger partial charge in [-0.1, -0.05) is 41.4 Å². The molecule has 1 amide bonds. The molecule has 126 valence electrons. The molecule has 0 fully saturated rings. The van der Waals surface area contributed by atoms with Crippen LogP contribution < -0.4 is 5.32 Å². The molecule has 2 aromatic carbocycles. The van der Waals surface area contributed by atoms with E-state index >= 15 is 0 Å². The van der Waals surface area contributed by atoms with Crippen molar-refractivity contribution in [3.8, 4) is 0 Å². The molecule has 0 aromatic heterocycles. The first-order valence-electron chi connectivity index (χ1n) is 7.04. The van der Waals surface area contributed by atoms with Crippen molar-refractivity contribution in [2.24, 2.45) is 0 Å². The molecule has 2 rings (SSSR count). The van der Waals surface area contributed by atoms with E-state index in [0.717, 1.165) is 11.6 Å². The summed E-state index contributed by atoms with van der Waals surface area (Å²) < 4.78 is 18.4. The Kier molecular flexibility index (Phi) is 6.17. The third kappa shape index (κ3) is 4.69. The highest BCUT2D eigenvalue weighted by molar-refractivity contribution is 6.33. The molecule has 24 heavy (non-hydrogen) atoms. The van der Waals surface area contributed by atoms with Gasteiger partial charge in [0.05, 0.1) is 11.1 Å². The van der Waals surface area contributed by atoms with Crippen LogP contribution in [0.4, 0.5) is 4.39 Å². The fraction of sp³-hybridized carbons (Fsp3) is 0.176. The van der Waals surface area contributed by atoms with Crippen molar-refractivity contribution in [1.82, 2.24) is 5.32 Å². The predicted molar refractivity (Wildman–Crippen MR) is 89.7 cm³/mol. The minimum Gasteiger partial charge on any atom is -0.452 e. The van der Waals surface area contributed by atoms with E-state index in [9.17, 15) is 14.0 Å². The van der Waals surface area contributed by atoms with Gasteiger partial charge in [0.2, 0.25) is 0 Å². The number of nitrogens with one attached hydrogen (secondary N) is 1. The van der Waals surface area contributed by atoms with E-state index in [2.05, 4.69) is 5.32 Å². The Hall–Kier alpha value is -2.11. The van der Waals surface area contributed by atoms with Crippen LogP contribution >= 0.6 is 23.2 Å². The lowest BCUT2D eigenvalue weighted by molar-refractivity contribution is -0.124. The average molecular weight is 370 g/mol. The zero-order chi connectivity index (χ0) is 17.7. The average Bonchev–Trinajstić information content (AvgIpc) is 2.52. The van der Waals surface area contributed by atoms with Crippen LogP contribution in [0.3, 0.4) is 0 Å². The van der Waals surface area contributed by atoms with Gasteiger partial charge in [-0.25, -0.2) is 9.18 Å². The number of halogens is 3. The summed E-state index contributed by atoms with van der Waals surface area (Å²) in [6.45, 7) is 1.22. The van der Waals surface area contributed by atoms with Crippen molar-refractivity contribution < 1.29 is 18.7 Å². The van der Waals surface area contributed by atoms with E-state index < -0.39 is 29.9 Å². The number of hydrogen-bond donors (Lipinski definition) is 1. The van der Waals surface area contributed by atoms with Crippen LogP contribution in [0, 0.1) is 5.82 Å². The highest BCUT2D eigenvalue weighted by Gasteiger charge is 2.19. The fourth-order valence-corrected chi connectivity index (χ4v) is 2.48. The van der Waals surface area contributed by atoms with Crippen LogP contribution in [0.25, 0.3) is 0 Å². The number of esters is 1. The summed E-state index contributed by atoms with van der Waals surface area (Å²) in [7, 11) is 0. The summed E-state index contributed by atoms with van der Waals surface area (Å²) >= 11 is 11.7. The van der Waals surface area contributed by atoms with E-state index in [1.54, 1.807) is 25.1 Å². The molecule has 0 bridgehead atoms. The van der Waals surface area contributed by atoms with Crippen molar-refractivity contribution >= 4 is 35.1 Å². The molecule has 1 atom stereocenters. The number of hydrogen-bond acceptors (Lipinski definition) is 3. The molecule has 0 saturated carbocycles. The summed E-state index contributed by atoms with van der Waals surface area (Å²) in [6, 6.07) is 10.5. The molecular weight excluding hydrogens is 356 g/mol. The molecule has 1 N–H and O–H groups in total. The van der Waals surface area contributed by atoms with Crippen LogP contribution in [0.2, 0.25) is 10.0 Å². The fourth-order valence-electron chi connectivity index (χ4n) is 2.04. The SMILES string of the molecule is C[C@H](NC(=O)COC(=O)c1c(F)cccc1Cl)c1cccc(Cl)c1. The molecule has 0 spiro atoms. The van der Waals surface area contributed by atoms with Crippen molar-refractivity contribution in [2.45, 2.75) is 13.0 Å². The second kappa shape index (κ2) is 8.13. The van der Waals surface area contributed by atoms with Gasteiger partial charge in [0.25, 0.3) is 5.91 Å². The highest BCUT2D eigenvalue weighted by atomic mass is 35.5. The molecule has 0 saturated heterocycles. The molecule has 0 radical (unpaired) electrons. The van der Waals surface area contributed by atoms with Gasteiger partial charge in [0.15, 0.2) is 6.61 Å². The summed E-state index contributed by atoms with van der Waals surface area (Å²) in [5.74, 6) is -2.33. The van der Waals surface area contributed by atoms with Gasteiger partial charge in [-0.15, -0.1) is 0 Å². The topological polar surface area (TPSA) is 55.4 Å². The van der Waals surface area contributed by atoms with Crippen LogP contribution in [0.1, 0.15) is 28.9 Å². The molecule has 2 aromatic rings. The minimum absolute atomic E-state index is 0.0762. The first-order valence-corrected chi connectivity index (χ1v) is 7.80. The maximum absolute atomic E-state index is 13.6. The van der Waals surface area contributed by atoms with E-state index in [-0.39, 0.29) is 11.1 Å². The second-order valence-corrected chi connectivity index (χ2v) is 5.86. The zero-order valence-electron chi connectivity index (χ0n) is 12.7. The van der Waals surface area contributed by atoms with Gasteiger partial charge >= 0.3 is 5.97 Å². The van der Waals surface area contributed by atoms with Gasteiger partial charge < -0.3 is 10.1 Å². The summed E-state index contributed by atoms with van der Waals surface area (Å²) in [5.41, 5.74) is 0.411. The van der Waals surface area contributed by atoms with Gasteiger partial charge in [-0.2, -0.15) is 0 Å². The maximum Gasteiger partial charge on any atom is 0.343 e. The van der Waals surface area contributed by atoms with Crippen molar-refractivity contribution in [3.05, 3.63) is 69.5 Å². The van der Waals surface area contributed by atoms with Crippen molar-refractivity contribution in [2.75, 3.05) is 6.61 Å². The molecule has 0 heterocycles. The Labute approximate surface area is 148 Å². The van der Waals surface area contributed by atoms with Crippen LogP contribution in [0.15, 0.2) is 42.5 Å². The third-order valence-corrected chi connectivity index (χ3v) is 3.78. The van der Waals surface area contributed by atoms with E-state index in [4.69, 9.17) is 27.9 Å². The van der Waals surface area contributed by atoms with Gasteiger partial charge in [0.1, 0.15) is 11.4 Å². The lowest BCUT2D eigenvalue weighted by Crippen LogP contribution is -2.31. The standard InChI is InChI=1S/C17H14Cl2FNO3/c1-10(11-4-2-5-12(18)8-11)21-15(22)9-24-17(23)16-13(19)6-3-7-14(16)20/h2-8,10H,9H2,1H3,(H,21,22)/t10-/m0/s1. The van der Waals surface area contributed by atoms with Crippen molar-refractivity contribution in [1.29, 1.82) is 0 Å². The highest BCUT2D eigenvalue weighted by Crippen LogP contribution is 2.20. The first kappa shape index (κ1) is 18.2. The lowest BCUT2D eigenvalue weighted by Gasteiger charge is -2.15. The largest absolute Gasteiger partial charge is 0.452 e. The van der Waals surface area contributed by atoms with E-state index in [1.807, 2.05) is 6.07 Å². The second-order valence-electron chi connectivity index (χ2n) is 5.02. The smallest absolute Gasteiger partial charge is 0.343 e. The van der Waals surface area contributed by atoms with Gasteiger partial charge in [-0.3, -0.25) is 4.79 Å². The lowest BCUT2D eigenvalue weighted by atomic mass is 10.1. The van der Waals surface area contributed by atoms with E-state index in [1.165, 1.54) is 12.1 Å². The Morgan fingerprint density at radius 3 is 2.58 bits per heavy atom. The summed E-state index contributed by atoms with van der Waals surface area (Å²) in [6.07, 6.45) is 0. The van der Waals surface area contributed by atoms with Crippen LogP contribution in [-0.4, -0.2) is 18.5 Å². The van der Waals surface area contributed by atoms with Crippen LogP contribution in [-0.2, 0) is 9.53 Å². The van der Waals surface area contributed by atoms with Gasteiger partial charge in [-0.05, 0) is 36.8 Å². The minimum atomic E-state index is -0.997. The molecule has 4 nitrogen and oxygen atoms in total. The monoisotopic (exact) mass is 369 g/mol. The normalized spacial score (nSPS) is 11.7. The van der Waals surface area contributed by atoms with Crippen molar-refractivity contribution in [3.63, 3.8) is 0 Å². The molecular formula is C17H14Cl2FNO3. The Bertz CT molecular complexity index is 747. The Morgan fingerprint density at radius 1 is 1.21 bits per heavy atom. The number of ether oxygens (including phenoxy) is 1. The number of benzene rings is 2. The maximum atomic E-state index is 13.6.